The normalized spacial score (nSPS) is 11.8. The Labute approximate surface area is 123 Å². The highest BCUT2D eigenvalue weighted by molar-refractivity contribution is 6.00. The van der Waals surface area contributed by atoms with Crippen molar-refractivity contribution in [3.05, 3.63) is 60.7 Å². The first-order chi connectivity index (χ1) is 10.1. The van der Waals surface area contributed by atoms with Crippen molar-refractivity contribution >= 4 is 22.6 Å². The molecule has 4 heteroatoms. The van der Waals surface area contributed by atoms with Crippen LogP contribution in [0.1, 0.15) is 23.2 Å². The number of fused-ring (bicyclic) bond motifs is 1. The summed E-state index contributed by atoms with van der Waals surface area (Å²) in [6.45, 7) is 3.60. The molecule has 0 saturated carbocycles. The van der Waals surface area contributed by atoms with Crippen LogP contribution in [0.4, 0.5) is 0 Å². The summed E-state index contributed by atoms with van der Waals surface area (Å²) in [5, 5.41) is 4.71. The van der Waals surface area contributed by atoms with E-state index >= 15 is 0 Å². The highest BCUT2D eigenvalue weighted by atomic mass is 16.2. The molecule has 0 aliphatic heterocycles. The van der Waals surface area contributed by atoms with Gasteiger partial charge in [-0.25, -0.2) is 0 Å². The quantitative estimate of drug-likeness (QED) is 0.798. The topological polar surface area (TPSA) is 72.2 Å². The smallest absolute Gasteiger partial charge is 0.251 e. The molecule has 2 aromatic carbocycles. The lowest BCUT2D eigenvalue weighted by atomic mass is 10.1. The van der Waals surface area contributed by atoms with E-state index in [1.165, 1.54) is 0 Å². The molecule has 0 aliphatic rings. The second-order valence-corrected chi connectivity index (χ2v) is 4.86. The van der Waals surface area contributed by atoms with Gasteiger partial charge in [-0.1, -0.05) is 36.4 Å². The molecule has 0 aromatic heterocycles. The fourth-order valence-electron chi connectivity index (χ4n) is 2.14. The molecule has 4 nitrogen and oxygen atoms in total. The van der Waals surface area contributed by atoms with Gasteiger partial charge in [0, 0.05) is 5.56 Å². The molecule has 108 valence electrons. The van der Waals surface area contributed by atoms with Crippen LogP contribution in [0.3, 0.4) is 0 Å². The zero-order chi connectivity index (χ0) is 15.2. The first kappa shape index (κ1) is 14.8. The Hall–Kier alpha value is -2.62. The van der Waals surface area contributed by atoms with Gasteiger partial charge in [0.25, 0.3) is 5.91 Å². The molecule has 0 radical (unpaired) electrons. The molecule has 2 aromatic rings. The van der Waals surface area contributed by atoms with Gasteiger partial charge in [0.05, 0.1) is 0 Å². The molecular weight excluding hydrogens is 264 g/mol. The number of hydrogen-bond donors (Lipinski definition) is 2. The van der Waals surface area contributed by atoms with Crippen LogP contribution in [0, 0.1) is 0 Å². The summed E-state index contributed by atoms with van der Waals surface area (Å²) in [6, 6.07) is 12.5. The maximum absolute atomic E-state index is 12.2. The number of allylic oxidation sites excluding steroid dienone is 1. The van der Waals surface area contributed by atoms with Crippen molar-refractivity contribution in [2.75, 3.05) is 0 Å². The molecule has 3 N–H and O–H groups in total. The summed E-state index contributed by atoms with van der Waals surface area (Å²) in [5.74, 6) is -0.834. The second kappa shape index (κ2) is 6.70. The van der Waals surface area contributed by atoms with E-state index in [0.29, 0.717) is 18.4 Å². The summed E-state index contributed by atoms with van der Waals surface area (Å²) in [6.07, 6.45) is 2.77. The van der Waals surface area contributed by atoms with E-state index in [1.54, 1.807) is 18.2 Å². The van der Waals surface area contributed by atoms with Crippen molar-refractivity contribution in [2.24, 2.45) is 5.73 Å². The molecule has 1 atom stereocenters. The van der Waals surface area contributed by atoms with Crippen molar-refractivity contribution in [1.29, 1.82) is 0 Å². The lowest BCUT2D eigenvalue weighted by Gasteiger charge is -2.14. The summed E-state index contributed by atoms with van der Waals surface area (Å²) in [4.78, 5) is 23.6. The fraction of sp³-hybridized carbons (Fsp3) is 0.176. The van der Waals surface area contributed by atoms with Gasteiger partial charge < -0.3 is 11.1 Å². The summed E-state index contributed by atoms with van der Waals surface area (Å²) in [7, 11) is 0. The number of rotatable bonds is 6. The summed E-state index contributed by atoms with van der Waals surface area (Å²) >= 11 is 0. The first-order valence-corrected chi connectivity index (χ1v) is 6.81. The van der Waals surface area contributed by atoms with E-state index in [4.69, 9.17) is 5.73 Å². The van der Waals surface area contributed by atoms with Crippen LogP contribution in [-0.4, -0.2) is 17.9 Å². The standard InChI is InChI=1S/C17H18N2O2/c1-2-3-8-15(16(18)20)19-17(21)14-10-9-12-6-4-5-7-13(12)11-14/h2,4-7,9-11,15H,1,3,8H2,(H2,18,20)(H,19,21)/t15-/m0/s1. The minimum atomic E-state index is -0.679. The molecule has 0 saturated heterocycles. The average Bonchev–Trinajstić information content (AvgIpc) is 2.50. The van der Waals surface area contributed by atoms with Gasteiger partial charge >= 0.3 is 0 Å². The van der Waals surface area contributed by atoms with E-state index < -0.39 is 11.9 Å². The number of nitrogens with one attached hydrogen (secondary N) is 1. The number of carbonyl (C=O) groups is 2. The minimum absolute atomic E-state index is 0.298. The lowest BCUT2D eigenvalue weighted by molar-refractivity contribution is -0.119. The molecule has 2 rings (SSSR count). The Morgan fingerprint density at radius 2 is 1.90 bits per heavy atom. The summed E-state index contributed by atoms with van der Waals surface area (Å²) < 4.78 is 0. The Morgan fingerprint density at radius 3 is 2.57 bits per heavy atom. The molecule has 0 heterocycles. The number of primary amides is 1. The van der Waals surface area contributed by atoms with E-state index in [9.17, 15) is 9.59 Å². The summed E-state index contributed by atoms with van der Waals surface area (Å²) in [5.41, 5.74) is 5.82. The maximum atomic E-state index is 12.2. The lowest BCUT2D eigenvalue weighted by Crippen LogP contribution is -2.44. The Balaban J connectivity index is 2.16. The van der Waals surface area contributed by atoms with E-state index in [1.807, 2.05) is 30.3 Å². The van der Waals surface area contributed by atoms with Crippen LogP contribution in [0.2, 0.25) is 0 Å². The van der Waals surface area contributed by atoms with Gasteiger partial charge in [0.1, 0.15) is 6.04 Å². The molecule has 0 spiro atoms. The SMILES string of the molecule is C=CCC[C@H](NC(=O)c1ccc2ccccc2c1)C(N)=O. The number of amides is 2. The van der Waals surface area contributed by atoms with Gasteiger partial charge in [-0.2, -0.15) is 0 Å². The molecule has 21 heavy (non-hydrogen) atoms. The fourth-order valence-corrected chi connectivity index (χ4v) is 2.14. The molecule has 0 bridgehead atoms. The van der Waals surface area contributed by atoms with Crippen molar-refractivity contribution in [3.63, 3.8) is 0 Å². The van der Waals surface area contributed by atoms with Gasteiger partial charge in [-0.05, 0) is 35.7 Å². The highest BCUT2D eigenvalue weighted by Gasteiger charge is 2.18. The van der Waals surface area contributed by atoms with Gasteiger partial charge in [-0.3, -0.25) is 9.59 Å². The van der Waals surface area contributed by atoms with Crippen molar-refractivity contribution in [3.8, 4) is 0 Å². The van der Waals surface area contributed by atoms with Crippen molar-refractivity contribution < 1.29 is 9.59 Å². The largest absolute Gasteiger partial charge is 0.368 e. The predicted molar refractivity (Wildman–Crippen MR) is 83.8 cm³/mol. The van der Waals surface area contributed by atoms with Gasteiger partial charge in [0.15, 0.2) is 0 Å². The van der Waals surface area contributed by atoms with E-state index in [2.05, 4.69) is 11.9 Å². The molecule has 0 fully saturated rings. The van der Waals surface area contributed by atoms with Gasteiger partial charge in [-0.15, -0.1) is 6.58 Å². The third-order valence-electron chi connectivity index (χ3n) is 3.32. The van der Waals surface area contributed by atoms with Crippen LogP contribution < -0.4 is 11.1 Å². The van der Waals surface area contributed by atoms with Crippen LogP contribution in [0.25, 0.3) is 10.8 Å². The molecule has 0 unspecified atom stereocenters. The minimum Gasteiger partial charge on any atom is -0.368 e. The molecule has 2 amide bonds. The van der Waals surface area contributed by atoms with Crippen molar-refractivity contribution in [1.82, 2.24) is 5.32 Å². The van der Waals surface area contributed by atoms with Gasteiger partial charge in [0.2, 0.25) is 5.91 Å². The Kier molecular flexibility index (Phi) is 4.72. The van der Waals surface area contributed by atoms with Crippen molar-refractivity contribution in [2.45, 2.75) is 18.9 Å². The van der Waals surface area contributed by atoms with Crippen LogP contribution in [0.15, 0.2) is 55.1 Å². The maximum Gasteiger partial charge on any atom is 0.251 e. The zero-order valence-corrected chi connectivity index (χ0v) is 11.7. The number of carbonyl (C=O) groups excluding carboxylic acids is 2. The Bertz CT molecular complexity index is 679. The predicted octanol–water partition coefficient (Wildman–Crippen LogP) is 2.39. The monoisotopic (exact) mass is 282 g/mol. The second-order valence-electron chi connectivity index (χ2n) is 4.86. The number of benzene rings is 2. The number of nitrogens with two attached hydrogens (primary N) is 1. The average molecular weight is 282 g/mol. The Morgan fingerprint density at radius 1 is 1.19 bits per heavy atom. The van der Waals surface area contributed by atoms with Crippen LogP contribution in [0.5, 0.6) is 0 Å². The third kappa shape index (κ3) is 3.69. The molecule has 0 aliphatic carbocycles. The third-order valence-corrected chi connectivity index (χ3v) is 3.32. The van der Waals surface area contributed by atoms with E-state index in [-0.39, 0.29) is 5.91 Å². The highest BCUT2D eigenvalue weighted by Crippen LogP contribution is 2.15. The number of hydrogen-bond acceptors (Lipinski definition) is 2. The molecular formula is C17H18N2O2. The van der Waals surface area contributed by atoms with Crippen LogP contribution >= 0.6 is 0 Å². The van der Waals surface area contributed by atoms with E-state index in [0.717, 1.165) is 10.8 Å². The zero-order valence-electron chi connectivity index (χ0n) is 11.7. The van der Waals surface area contributed by atoms with Crippen LogP contribution in [-0.2, 0) is 4.79 Å². The first-order valence-electron chi connectivity index (χ1n) is 6.81.